The van der Waals surface area contributed by atoms with Crippen LogP contribution in [0.3, 0.4) is 0 Å². The van der Waals surface area contributed by atoms with Gasteiger partial charge in [0, 0.05) is 18.5 Å². The molecule has 3 fully saturated rings. The third-order valence-corrected chi connectivity index (χ3v) is 3.31. The first kappa shape index (κ1) is 7.76. The highest BCUT2D eigenvalue weighted by Crippen LogP contribution is 2.39. The fourth-order valence-corrected chi connectivity index (χ4v) is 2.69. The second kappa shape index (κ2) is 2.69. The standard InChI is InChI=1S/C9H13NO3/c11-9-8-6(3-5-12-9)7-2-1-4-10(7)13-8/h6-8H,1-5H2/t6-,7-,8+/m1/s1. The zero-order valence-corrected chi connectivity index (χ0v) is 7.44. The molecule has 0 amide bonds. The number of nitrogens with zero attached hydrogens (tertiary/aromatic N) is 1. The first-order valence-electron chi connectivity index (χ1n) is 4.96. The van der Waals surface area contributed by atoms with Crippen molar-refractivity contribution in [2.75, 3.05) is 13.2 Å². The number of carbonyl (C=O) groups is 1. The molecule has 0 aromatic heterocycles. The molecule has 3 rings (SSSR count). The van der Waals surface area contributed by atoms with Crippen molar-refractivity contribution in [2.45, 2.75) is 31.4 Å². The van der Waals surface area contributed by atoms with Gasteiger partial charge in [-0.25, -0.2) is 4.79 Å². The van der Waals surface area contributed by atoms with E-state index in [0.29, 0.717) is 18.6 Å². The minimum atomic E-state index is -0.293. The van der Waals surface area contributed by atoms with Crippen LogP contribution >= 0.6 is 0 Å². The predicted octanol–water partition coefficient (Wildman–Crippen LogP) is 0.328. The number of cyclic esters (lactones) is 1. The van der Waals surface area contributed by atoms with Gasteiger partial charge in [0.25, 0.3) is 0 Å². The van der Waals surface area contributed by atoms with Crippen LogP contribution in [0.4, 0.5) is 0 Å². The van der Waals surface area contributed by atoms with Gasteiger partial charge in [0.15, 0.2) is 6.10 Å². The molecule has 72 valence electrons. The van der Waals surface area contributed by atoms with Crippen LogP contribution in [0.1, 0.15) is 19.3 Å². The van der Waals surface area contributed by atoms with Crippen molar-refractivity contribution < 1.29 is 14.4 Å². The number of esters is 1. The minimum absolute atomic E-state index is 0.161. The number of hydrogen-bond donors (Lipinski definition) is 0. The smallest absolute Gasteiger partial charge is 0.337 e. The van der Waals surface area contributed by atoms with E-state index in [9.17, 15) is 4.79 Å². The molecular formula is C9H13NO3. The van der Waals surface area contributed by atoms with E-state index in [1.807, 2.05) is 5.06 Å². The zero-order valence-electron chi connectivity index (χ0n) is 7.44. The molecule has 0 saturated carbocycles. The third-order valence-electron chi connectivity index (χ3n) is 3.31. The fourth-order valence-electron chi connectivity index (χ4n) is 2.69. The van der Waals surface area contributed by atoms with E-state index in [0.717, 1.165) is 13.0 Å². The summed E-state index contributed by atoms with van der Waals surface area (Å²) >= 11 is 0. The second-order valence-electron chi connectivity index (χ2n) is 4.00. The first-order valence-corrected chi connectivity index (χ1v) is 4.96. The normalized spacial score (nSPS) is 44.3. The largest absolute Gasteiger partial charge is 0.464 e. The first-order chi connectivity index (χ1) is 6.36. The Morgan fingerprint density at radius 3 is 3.23 bits per heavy atom. The molecule has 0 aliphatic carbocycles. The molecule has 0 spiro atoms. The van der Waals surface area contributed by atoms with Crippen molar-refractivity contribution in [3.63, 3.8) is 0 Å². The maximum atomic E-state index is 11.3. The highest BCUT2D eigenvalue weighted by molar-refractivity contribution is 5.76. The predicted molar refractivity (Wildman–Crippen MR) is 43.7 cm³/mol. The average molecular weight is 183 g/mol. The van der Waals surface area contributed by atoms with E-state index >= 15 is 0 Å². The van der Waals surface area contributed by atoms with E-state index in [2.05, 4.69) is 0 Å². The van der Waals surface area contributed by atoms with Crippen LogP contribution in [-0.2, 0) is 14.4 Å². The molecule has 0 N–H and O–H groups in total. The van der Waals surface area contributed by atoms with Crippen LogP contribution in [0.5, 0.6) is 0 Å². The molecule has 3 aliphatic rings. The SMILES string of the molecule is O=C1OCC[C@H]2[C@@H]1ON1CCC[C@H]21. The molecular weight excluding hydrogens is 170 g/mol. The molecule has 3 saturated heterocycles. The summed E-state index contributed by atoms with van der Waals surface area (Å²) in [5.74, 6) is 0.231. The second-order valence-corrected chi connectivity index (χ2v) is 4.00. The Balaban J connectivity index is 1.85. The summed E-state index contributed by atoms with van der Waals surface area (Å²) in [5, 5.41) is 1.99. The zero-order chi connectivity index (χ0) is 8.84. The monoisotopic (exact) mass is 183 g/mol. The third kappa shape index (κ3) is 1.02. The van der Waals surface area contributed by atoms with Gasteiger partial charge in [0.2, 0.25) is 0 Å². The highest BCUT2D eigenvalue weighted by Gasteiger charge is 2.50. The Labute approximate surface area is 76.7 Å². The molecule has 0 aromatic carbocycles. The van der Waals surface area contributed by atoms with Gasteiger partial charge in [0.1, 0.15) is 0 Å². The summed E-state index contributed by atoms with van der Waals surface area (Å²) in [7, 11) is 0. The average Bonchev–Trinajstić information content (AvgIpc) is 2.65. The molecule has 3 aliphatic heterocycles. The fraction of sp³-hybridized carbons (Fsp3) is 0.889. The highest BCUT2D eigenvalue weighted by atomic mass is 16.7. The number of rotatable bonds is 0. The molecule has 3 atom stereocenters. The molecule has 0 radical (unpaired) electrons. The van der Waals surface area contributed by atoms with Crippen molar-refractivity contribution in [3.8, 4) is 0 Å². The molecule has 3 heterocycles. The van der Waals surface area contributed by atoms with E-state index < -0.39 is 0 Å². The summed E-state index contributed by atoms with van der Waals surface area (Å²) in [6.45, 7) is 1.55. The van der Waals surface area contributed by atoms with Crippen molar-refractivity contribution in [3.05, 3.63) is 0 Å². The maximum Gasteiger partial charge on any atom is 0.337 e. The Kier molecular flexibility index (Phi) is 1.60. The van der Waals surface area contributed by atoms with Gasteiger partial charge in [0.05, 0.1) is 6.61 Å². The van der Waals surface area contributed by atoms with E-state index in [-0.39, 0.29) is 12.1 Å². The lowest BCUT2D eigenvalue weighted by Crippen LogP contribution is -2.37. The van der Waals surface area contributed by atoms with E-state index in [4.69, 9.17) is 9.57 Å². The lowest BCUT2D eigenvalue weighted by atomic mass is 9.89. The summed E-state index contributed by atoms with van der Waals surface area (Å²) < 4.78 is 4.97. The molecule has 0 unspecified atom stereocenters. The molecule has 0 bridgehead atoms. The Bertz CT molecular complexity index is 243. The lowest BCUT2D eigenvalue weighted by molar-refractivity contribution is -0.189. The summed E-state index contributed by atoms with van der Waals surface area (Å²) in [5.41, 5.74) is 0. The van der Waals surface area contributed by atoms with Gasteiger partial charge in [-0.2, -0.15) is 5.06 Å². The molecule has 4 heteroatoms. The number of carbonyl (C=O) groups excluding carboxylic acids is 1. The van der Waals surface area contributed by atoms with Crippen LogP contribution in [0.25, 0.3) is 0 Å². The number of fused-ring (bicyclic) bond motifs is 3. The Hall–Kier alpha value is -0.610. The summed E-state index contributed by atoms with van der Waals surface area (Å²) in [6, 6.07) is 0.484. The lowest BCUT2D eigenvalue weighted by Gasteiger charge is -2.23. The molecule has 4 nitrogen and oxygen atoms in total. The van der Waals surface area contributed by atoms with Crippen LogP contribution in [0.2, 0.25) is 0 Å². The topological polar surface area (TPSA) is 38.8 Å². The number of ether oxygens (including phenoxy) is 1. The van der Waals surface area contributed by atoms with Crippen molar-refractivity contribution >= 4 is 5.97 Å². The van der Waals surface area contributed by atoms with Gasteiger partial charge in [-0.05, 0) is 19.3 Å². The van der Waals surface area contributed by atoms with Crippen LogP contribution in [0.15, 0.2) is 0 Å². The van der Waals surface area contributed by atoms with Gasteiger partial charge in [-0.15, -0.1) is 0 Å². The van der Waals surface area contributed by atoms with E-state index in [1.165, 1.54) is 12.8 Å². The number of hydroxylamine groups is 2. The Morgan fingerprint density at radius 2 is 2.31 bits per heavy atom. The molecule has 13 heavy (non-hydrogen) atoms. The number of hydrogen-bond acceptors (Lipinski definition) is 4. The van der Waals surface area contributed by atoms with Gasteiger partial charge in [-0.3, -0.25) is 4.84 Å². The van der Waals surface area contributed by atoms with Crippen molar-refractivity contribution in [1.82, 2.24) is 5.06 Å². The van der Waals surface area contributed by atoms with Gasteiger partial charge >= 0.3 is 5.97 Å². The van der Waals surface area contributed by atoms with Gasteiger partial charge in [-0.1, -0.05) is 0 Å². The maximum absolute atomic E-state index is 11.3. The quantitative estimate of drug-likeness (QED) is 0.507. The van der Waals surface area contributed by atoms with Crippen LogP contribution in [0, 0.1) is 5.92 Å². The van der Waals surface area contributed by atoms with E-state index in [1.54, 1.807) is 0 Å². The van der Waals surface area contributed by atoms with Crippen molar-refractivity contribution in [2.24, 2.45) is 5.92 Å². The summed E-state index contributed by atoms with van der Waals surface area (Å²) in [6.07, 6.45) is 3.05. The Morgan fingerprint density at radius 1 is 1.38 bits per heavy atom. The minimum Gasteiger partial charge on any atom is -0.464 e. The summed E-state index contributed by atoms with van der Waals surface area (Å²) in [4.78, 5) is 16.9. The van der Waals surface area contributed by atoms with Crippen molar-refractivity contribution in [1.29, 1.82) is 0 Å². The van der Waals surface area contributed by atoms with Gasteiger partial charge < -0.3 is 4.74 Å². The van der Waals surface area contributed by atoms with Crippen LogP contribution < -0.4 is 0 Å². The molecule has 0 aromatic rings. The van der Waals surface area contributed by atoms with Crippen LogP contribution in [-0.4, -0.2) is 36.3 Å².